The fraction of sp³-hybridized carbons (Fsp3) is 0.222. The van der Waals surface area contributed by atoms with Gasteiger partial charge < -0.3 is 15.2 Å². The smallest absolute Gasteiger partial charge is 0.328 e. The van der Waals surface area contributed by atoms with Crippen LogP contribution in [-0.4, -0.2) is 44.3 Å². The first-order valence-electron chi connectivity index (χ1n) is 7.79. The van der Waals surface area contributed by atoms with Gasteiger partial charge in [-0.2, -0.15) is 0 Å². The summed E-state index contributed by atoms with van der Waals surface area (Å²) >= 11 is 0. The number of nitrogens with one attached hydrogen (secondary N) is 1. The van der Waals surface area contributed by atoms with Crippen LogP contribution in [0, 0.1) is 0 Å². The number of rotatable bonds is 7. The minimum absolute atomic E-state index is 0.0982. The zero-order valence-corrected chi connectivity index (χ0v) is 14.9. The summed E-state index contributed by atoms with van der Waals surface area (Å²) in [5, 5.41) is 11.9. The molecular weight excluding hydrogens is 358 g/mol. The lowest BCUT2D eigenvalue weighted by molar-refractivity contribution is -0.142. The van der Waals surface area contributed by atoms with Crippen molar-refractivity contribution in [1.82, 2.24) is 5.32 Å². The Morgan fingerprint density at radius 1 is 1.12 bits per heavy atom. The van der Waals surface area contributed by atoms with Gasteiger partial charge in [0.2, 0.25) is 0 Å². The molecule has 0 fully saturated rings. The summed E-state index contributed by atoms with van der Waals surface area (Å²) in [5.74, 6) is -1.80. The molecule has 0 bridgehead atoms. The summed E-state index contributed by atoms with van der Waals surface area (Å²) < 4.78 is 29.3. The Balaban J connectivity index is 2.10. The molecule has 0 radical (unpaired) electrons. The molecule has 0 heterocycles. The van der Waals surface area contributed by atoms with E-state index in [0.717, 1.165) is 7.11 Å². The number of benzene rings is 2. The highest BCUT2D eigenvalue weighted by Crippen LogP contribution is 2.14. The number of carbonyl (C=O) groups excluding carboxylic acids is 2. The van der Waals surface area contributed by atoms with Crippen molar-refractivity contribution in [1.29, 1.82) is 0 Å². The standard InChI is InChI=1S/C18H19NO6S/c1-25-18(22)16(19-17(21)13-6-5-7-14(20)12-13)10-11-26(23,24)15-8-3-2-4-9-15/h2-9,12,16,20H,10-11H2,1H3,(H,19,21)/t16-/m1/s1. The van der Waals surface area contributed by atoms with Gasteiger partial charge >= 0.3 is 5.97 Å². The average molecular weight is 377 g/mol. The third-order valence-corrected chi connectivity index (χ3v) is 5.44. The second-order valence-corrected chi connectivity index (χ2v) is 7.63. The molecule has 2 aromatic rings. The van der Waals surface area contributed by atoms with Crippen molar-refractivity contribution in [2.24, 2.45) is 0 Å². The number of carbonyl (C=O) groups is 2. The third kappa shape index (κ3) is 5.06. The second kappa shape index (κ2) is 8.48. The number of amides is 1. The highest BCUT2D eigenvalue weighted by atomic mass is 32.2. The van der Waals surface area contributed by atoms with Gasteiger partial charge in [-0.05, 0) is 36.8 Å². The van der Waals surface area contributed by atoms with E-state index in [1.54, 1.807) is 18.2 Å². The number of hydrogen-bond donors (Lipinski definition) is 2. The van der Waals surface area contributed by atoms with E-state index in [1.165, 1.54) is 36.4 Å². The lowest BCUT2D eigenvalue weighted by Crippen LogP contribution is -2.42. The van der Waals surface area contributed by atoms with Crippen LogP contribution in [-0.2, 0) is 19.4 Å². The van der Waals surface area contributed by atoms with E-state index < -0.39 is 27.8 Å². The topological polar surface area (TPSA) is 110 Å². The van der Waals surface area contributed by atoms with Crippen molar-refractivity contribution in [3.8, 4) is 5.75 Å². The average Bonchev–Trinajstić information content (AvgIpc) is 2.65. The number of phenols is 1. The van der Waals surface area contributed by atoms with Crippen LogP contribution in [0.2, 0.25) is 0 Å². The van der Waals surface area contributed by atoms with Crippen LogP contribution in [0.4, 0.5) is 0 Å². The van der Waals surface area contributed by atoms with E-state index in [9.17, 15) is 23.1 Å². The Morgan fingerprint density at radius 2 is 1.81 bits per heavy atom. The van der Waals surface area contributed by atoms with E-state index >= 15 is 0 Å². The molecule has 1 atom stereocenters. The fourth-order valence-electron chi connectivity index (χ4n) is 2.30. The number of methoxy groups -OCH3 is 1. The van der Waals surface area contributed by atoms with E-state index in [2.05, 4.69) is 10.1 Å². The van der Waals surface area contributed by atoms with Gasteiger partial charge in [0.25, 0.3) is 5.91 Å². The van der Waals surface area contributed by atoms with Gasteiger partial charge in [0.05, 0.1) is 17.8 Å². The van der Waals surface area contributed by atoms with Crippen LogP contribution in [0.1, 0.15) is 16.8 Å². The van der Waals surface area contributed by atoms with Crippen molar-refractivity contribution >= 4 is 21.7 Å². The highest BCUT2D eigenvalue weighted by molar-refractivity contribution is 7.91. The van der Waals surface area contributed by atoms with E-state index in [0.29, 0.717) is 0 Å². The molecule has 0 saturated carbocycles. The monoisotopic (exact) mass is 377 g/mol. The van der Waals surface area contributed by atoms with Crippen LogP contribution in [0.25, 0.3) is 0 Å². The Morgan fingerprint density at radius 3 is 2.42 bits per heavy atom. The van der Waals surface area contributed by atoms with Gasteiger partial charge in [-0.15, -0.1) is 0 Å². The number of aromatic hydroxyl groups is 1. The van der Waals surface area contributed by atoms with Gasteiger partial charge in [-0.1, -0.05) is 24.3 Å². The Bertz CT molecular complexity index is 880. The molecule has 0 aliphatic carbocycles. The van der Waals surface area contributed by atoms with Crippen LogP contribution >= 0.6 is 0 Å². The fourth-order valence-corrected chi connectivity index (χ4v) is 3.65. The maximum absolute atomic E-state index is 12.4. The number of sulfone groups is 1. The molecule has 0 aromatic heterocycles. The number of ether oxygens (including phenoxy) is 1. The molecule has 2 rings (SSSR count). The number of hydrogen-bond acceptors (Lipinski definition) is 6. The molecule has 2 N–H and O–H groups in total. The van der Waals surface area contributed by atoms with Crippen molar-refractivity contribution in [2.75, 3.05) is 12.9 Å². The molecule has 26 heavy (non-hydrogen) atoms. The summed E-state index contributed by atoms with van der Waals surface area (Å²) in [6.07, 6.45) is -0.144. The molecule has 8 heteroatoms. The van der Waals surface area contributed by atoms with Gasteiger partial charge in [0.1, 0.15) is 11.8 Å². The van der Waals surface area contributed by atoms with Gasteiger partial charge in [-0.25, -0.2) is 13.2 Å². The van der Waals surface area contributed by atoms with Crippen LogP contribution in [0.5, 0.6) is 5.75 Å². The predicted octanol–water partition coefficient (Wildman–Crippen LogP) is 1.53. The quantitative estimate of drug-likeness (QED) is 0.708. The first-order chi connectivity index (χ1) is 12.3. The summed E-state index contributed by atoms with van der Waals surface area (Å²) in [6.45, 7) is 0. The zero-order valence-electron chi connectivity index (χ0n) is 14.1. The van der Waals surface area contributed by atoms with Crippen LogP contribution in [0.15, 0.2) is 59.5 Å². The summed E-state index contributed by atoms with van der Waals surface area (Å²) in [7, 11) is -2.45. The van der Waals surface area contributed by atoms with Gasteiger partial charge in [-0.3, -0.25) is 4.79 Å². The maximum Gasteiger partial charge on any atom is 0.328 e. The molecule has 0 saturated heterocycles. The van der Waals surface area contributed by atoms with Crippen LogP contribution < -0.4 is 5.32 Å². The highest BCUT2D eigenvalue weighted by Gasteiger charge is 2.25. The largest absolute Gasteiger partial charge is 0.508 e. The molecule has 2 aromatic carbocycles. The first-order valence-corrected chi connectivity index (χ1v) is 9.44. The van der Waals surface area contributed by atoms with Crippen LogP contribution in [0.3, 0.4) is 0 Å². The zero-order chi connectivity index (χ0) is 19.2. The van der Waals surface area contributed by atoms with Crippen molar-refractivity contribution in [3.63, 3.8) is 0 Å². The van der Waals surface area contributed by atoms with Gasteiger partial charge in [0, 0.05) is 5.56 Å². The molecule has 7 nitrogen and oxygen atoms in total. The molecule has 0 aliphatic rings. The molecule has 1 amide bonds. The molecule has 138 valence electrons. The Kier molecular flexibility index (Phi) is 6.35. The molecule has 0 spiro atoms. The van der Waals surface area contributed by atoms with Gasteiger partial charge in [0.15, 0.2) is 9.84 Å². The SMILES string of the molecule is COC(=O)[C@@H](CCS(=O)(=O)c1ccccc1)NC(=O)c1cccc(O)c1. The summed E-state index contributed by atoms with van der Waals surface area (Å²) in [5.41, 5.74) is 0.143. The van der Waals surface area contributed by atoms with Crippen molar-refractivity contribution in [2.45, 2.75) is 17.4 Å². The minimum atomic E-state index is -3.60. The Labute approximate surface area is 151 Å². The second-order valence-electron chi connectivity index (χ2n) is 5.52. The lowest BCUT2D eigenvalue weighted by Gasteiger charge is -2.16. The maximum atomic E-state index is 12.4. The minimum Gasteiger partial charge on any atom is -0.508 e. The summed E-state index contributed by atoms with van der Waals surface area (Å²) in [4.78, 5) is 24.3. The normalized spacial score (nSPS) is 12.2. The lowest BCUT2D eigenvalue weighted by atomic mass is 10.1. The predicted molar refractivity (Wildman–Crippen MR) is 94.5 cm³/mol. The van der Waals surface area contributed by atoms with Crippen molar-refractivity contribution in [3.05, 3.63) is 60.2 Å². The van der Waals surface area contributed by atoms with Crippen molar-refractivity contribution < 1.29 is 27.9 Å². The number of esters is 1. The third-order valence-electron chi connectivity index (χ3n) is 3.68. The Hall–Kier alpha value is -2.87. The van der Waals surface area contributed by atoms with E-state index in [4.69, 9.17) is 0 Å². The van der Waals surface area contributed by atoms with E-state index in [1.807, 2.05) is 0 Å². The molecule has 0 aliphatic heterocycles. The summed E-state index contributed by atoms with van der Waals surface area (Å²) in [6, 6.07) is 12.3. The molecular formula is C18H19NO6S. The number of phenolic OH excluding ortho intramolecular Hbond substituents is 1. The first kappa shape index (κ1) is 19.5. The molecule has 0 unspecified atom stereocenters. The van der Waals surface area contributed by atoms with E-state index in [-0.39, 0.29) is 28.4 Å².